The summed E-state index contributed by atoms with van der Waals surface area (Å²) in [6.07, 6.45) is 9.96. The molecule has 2 aliphatic carbocycles. The molecule has 0 aromatic heterocycles. The minimum Gasteiger partial charge on any atom is -0.291 e. The van der Waals surface area contributed by atoms with Gasteiger partial charge in [-0.15, -0.1) is 0 Å². The Morgan fingerprint density at radius 3 is 1.24 bits per heavy atom. The van der Waals surface area contributed by atoms with Crippen LogP contribution in [0, 0.1) is 11.1 Å². The Labute approximate surface area is 227 Å². The second kappa shape index (κ2) is 10.8. The number of hydrogen-bond acceptors (Lipinski definition) is 0. The van der Waals surface area contributed by atoms with Gasteiger partial charge in [-0.1, -0.05) is 135 Å². The van der Waals surface area contributed by atoms with Crippen LogP contribution in [0.1, 0.15) is 64.2 Å². The van der Waals surface area contributed by atoms with E-state index in [2.05, 4.69) is 23.2 Å². The van der Waals surface area contributed by atoms with E-state index < -0.39 is 16.8 Å². The summed E-state index contributed by atoms with van der Waals surface area (Å²) in [6.45, 7) is 0. The summed E-state index contributed by atoms with van der Waals surface area (Å²) in [5.74, 6) is 0. The van der Waals surface area contributed by atoms with Gasteiger partial charge in [0.25, 0.3) is 0 Å². The summed E-state index contributed by atoms with van der Waals surface area (Å²) in [6, 6.07) is 28.3. The van der Waals surface area contributed by atoms with Crippen molar-refractivity contribution in [3.8, 4) is 11.1 Å². The Kier molecular flexibility index (Phi) is 7.25. The summed E-state index contributed by atoms with van der Waals surface area (Å²) < 4.78 is 35.2. The Bertz CT molecular complexity index is 1380. The van der Waals surface area contributed by atoms with E-state index in [1.54, 1.807) is 0 Å². The zero-order valence-corrected chi connectivity index (χ0v) is 24.1. The first-order valence-electron chi connectivity index (χ1n) is 14.5. The van der Waals surface area contributed by atoms with Crippen molar-refractivity contribution in [2.24, 2.45) is 0 Å². The van der Waals surface area contributed by atoms with Crippen molar-refractivity contribution in [3.63, 3.8) is 0 Å². The molecule has 4 aromatic rings. The van der Waals surface area contributed by atoms with Gasteiger partial charge in [0, 0.05) is 0 Å². The first-order chi connectivity index (χ1) is 18.6. The molecule has 38 heavy (non-hydrogen) atoms. The van der Waals surface area contributed by atoms with Crippen LogP contribution in [0.5, 0.6) is 0 Å². The molecule has 0 N–H and O–H groups in total. The maximum atomic E-state index is 17.6. The van der Waals surface area contributed by atoms with E-state index in [1.807, 2.05) is 72.8 Å². The lowest BCUT2D eigenvalue weighted by Crippen LogP contribution is -2.51. The molecule has 2 fully saturated rings. The fraction of sp³-hybridized carbons (Fsp3) is 0.353. The molecule has 6 rings (SSSR count). The number of halogens is 2. The van der Waals surface area contributed by atoms with Crippen molar-refractivity contribution in [2.45, 2.75) is 75.3 Å². The maximum Gasteiger partial charge on any atom is 0.356 e. The van der Waals surface area contributed by atoms with E-state index in [0.29, 0.717) is 0 Å². The highest BCUT2D eigenvalue weighted by atomic mass is 28.4. The van der Waals surface area contributed by atoms with Crippen LogP contribution in [0.15, 0.2) is 84.9 Å². The molecule has 0 nitrogen and oxygen atoms in total. The third-order valence-electron chi connectivity index (χ3n) is 9.10. The SMILES string of the molecule is F[Si](C#C[Si](F)(c1ccc2ccccc2c1)C1CCCCC1)(c1ccc2ccccc2c1)C1CCCCC1. The summed E-state index contributed by atoms with van der Waals surface area (Å²) in [4.78, 5) is 0. The average Bonchev–Trinajstić information content (AvgIpc) is 3.00. The topological polar surface area (TPSA) is 0 Å². The van der Waals surface area contributed by atoms with Gasteiger partial charge in [-0.3, -0.25) is 8.22 Å². The molecule has 2 aliphatic rings. The molecule has 0 radical (unpaired) electrons. The third kappa shape index (κ3) is 4.87. The first kappa shape index (κ1) is 25.5. The second-order valence-electron chi connectivity index (χ2n) is 11.5. The molecule has 0 amide bonds. The van der Waals surface area contributed by atoms with Gasteiger partial charge in [-0.25, -0.2) is 0 Å². The highest BCUT2D eigenvalue weighted by molar-refractivity contribution is 6.99. The van der Waals surface area contributed by atoms with Crippen LogP contribution >= 0.6 is 0 Å². The maximum absolute atomic E-state index is 17.6. The monoisotopic (exact) mass is 538 g/mol. The number of hydrogen-bond donors (Lipinski definition) is 0. The second-order valence-corrected chi connectivity index (χ2v) is 17.6. The zero-order chi connectivity index (χ0) is 26.0. The van der Waals surface area contributed by atoms with Gasteiger partial charge < -0.3 is 0 Å². The average molecular weight is 539 g/mol. The van der Waals surface area contributed by atoms with Crippen LogP contribution in [-0.4, -0.2) is 16.8 Å². The molecular weight excluding hydrogens is 503 g/mol. The normalized spacial score (nSPS) is 20.4. The molecule has 0 heterocycles. The Hall–Kier alpha value is -2.75. The van der Waals surface area contributed by atoms with Gasteiger partial charge in [-0.2, -0.15) is 0 Å². The van der Waals surface area contributed by atoms with E-state index in [9.17, 15) is 0 Å². The lowest BCUT2D eigenvalue weighted by molar-refractivity contribution is 0.479. The summed E-state index contributed by atoms with van der Waals surface area (Å²) in [5, 5.41) is 5.77. The van der Waals surface area contributed by atoms with Crippen LogP contribution in [0.4, 0.5) is 8.22 Å². The van der Waals surface area contributed by atoms with E-state index in [4.69, 9.17) is 0 Å². The van der Waals surface area contributed by atoms with Gasteiger partial charge in [0.1, 0.15) is 0 Å². The van der Waals surface area contributed by atoms with E-state index in [0.717, 1.165) is 96.1 Å². The molecule has 0 aliphatic heterocycles. The summed E-state index contributed by atoms with van der Waals surface area (Å²) >= 11 is 0. The largest absolute Gasteiger partial charge is 0.356 e. The molecule has 0 spiro atoms. The van der Waals surface area contributed by atoms with Gasteiger partial charge in [0.2, 0.25) is 0 Å². The van der Waals surface area contributed by atoms with Gasteiger partial charge in [0.05, 0.1) is 0 Å². The van der Waals surface area contributed by atoms with Crippen LogP contribution in [0.2, 0.25) is 11.1 Å². The van der Waals surface area contributed by atoms with Crippen LogP contribution in [0.25, 0.3) is 21.5 Å². The smallest absolute Gasteiger partial charge is 0.291 e. The van der Waals surface area contributed by atoms with Crippen molar-refractivity contribution in [1.29, 1.82) is 0 Å². The fourth-order valence-electron chi connectivity index (χ4n) is 6.83. The van der Waals surface area contributed by atoms with Crippen molar-refractivity contribution in [2.75, 3.05) is 0 Å². The molecular formula is C34H36F2Si2. The molecule has 2 atom stereocenters. The number of benzene rings is 4. The highest BCUT2D eigenvalue weighted by Crippen LogP contribution is 2.40. The Morgan fingerprint density at radius 2 is 0.842 bits per heavy atom. The van der Waals surface area contributed by atoms with Gasteiger partial charge in [0.15, 0.2) is 0 Å². The lowest BCUT2D eigenvalue weighted by atomic mass is 10.0. The minimum absolute atomic E-state index is 0.0638. The van der Waals surface area contributed by atoms with Gasteiger partial charge >= 0.3 is 16.8 Å². The van der Waals surface area contributed by atoms with Crippen molar-refractivity contribution in [1.82, 2.24) is 0 Å². The number of fused-ring (bicyclic) bond motifs is 2. The zero-order valence-electron chi connectivity index (χ0n) is 22.1. The van der Waals surface area contributed by atoms with Crippen molar-refractivity contribution in [3.05, 3.63) is 84.9 Å². The summed E-state index contributed by atoms with van der Waals surface area (Å²) in [5.41, 5.74) is 6.35. The minimum atomic E-state index is -3.77. The van der Waals surface area contributed by atoms with E-state index >= 15 is 8.22 Å². The third-order valence-corrected chi connectivity index (χ3v) is 16.0. The molecule has 194 valence electrons. The summed E-state index contributed by atoms with van der Waals surface area (Å²) in [7, 11) is -7.54. The predicted molar refractivity (Wildman–Crippen MR) is 162 cm³/mol. The molecule has 4 aromatic carbocycles. The number of rotatable bonds is 4. The van der Waals surface area contributed by atoms with E-state index in [1.165, 1.54) is 0 Å². The quantitative estimate of drug-likeness (QED) is 0.138. The van der Waals surface area contributed by atoms with E-state index in [-0.39, 0.29) is 11.1 Å². The highest BCUT2D eigenvalue weighted by Gasteiger charge is 2.48. The predicted octanol–water partition coefficient (Wildman–Crippen LogP) is 8.69. The fourth-order valence-corrected chi connectivity index (χ4v) is 13.7. The van der Waals surface area contributed by atoms with Gasteiger partial charge in [-0.05, 0) is 68.7 Å². The van der Waals surface area contributed by atoms with Crippen LogP contribution in [0.3, 0.4) is 0 Å². The molecule has 2 unspecified atom stereocenters. The lowest BCUT2D eigenvalue weighted by Gasteiger charge is -2.33. The molecule has 0 saturated heterocycles. The van der Waals surface area contributed by atoms with Crippen LogP contribution < -0.4 is 10.4 Å². The first-order valence-corrected chi connectivity index (χ1v) is 18.4. The van der Waals surface area contributed by atoms with Crippen LogP contribution in [-0.2, 0) is 0 Å². The van der Waals surface area contributed by atoms with Crippen molar-refractivity contribution < 1.29 is 8.22 Å². The molecule has 2 saturated carbocycles. The van der Waals surface area contributed by atoms with Crippen molar-refractivity contribution >= 4 is 48.7 Å². The standard InChI is InChI=1S/C34H36F2Si2/c35-37(31-15-3-1-4-16-31,33-21-19-27-11-7-9-13-29(27)25-33)23-24-38(36,32-17-5-2-6-18-32)34-22-20-28-12-8-10-14-30(28)26-34/h7-14,19-22,25-26,31-32H,1-6,15-18H2. The Balaban J connectivity index is 1.49. The molecule has 4 heteroatoms. The molecule has 0 bridgehead atoms. The Morgan fingerprint density at radius 1 is 0.474 bits per heavy atom.